The standard InChI is InChI=1S/C14H17BrFNO2/c1-2-17(8-10-6-7-19-9-10)14(18)11-4-3-5-12(15)13(11)16/h3-5,10H,2,6-9H2,1H3. The predicted octanol–water partition coefficient (Wildman–Crippen LogP) is 3.09. The van der Waals surface area contributed by atoms with E-state index in [0.717, 1.165) is 13.0 Å². The third-order valence-corrected chi connectivity index (χ3v) is 3.97. The molecule has 1 fully saturated rings. The van der Waals surface area contributed by atoms with Crippen molar-refractivity contribution in [3.05, 3.63) is 34.1 Å². The van der Waals surface area contributed by atoms with Crippen LogP contribution >= 0.6 is 15.9 Å². The third kappa shape index (κ3) is 3.34. The number of carbonyl (C=O) groups excluding carboxylic acids is 1. The summed E-state index contributed by atoms with van der Waals surface area (Å²) in [7, 11) is 0. The van der Waals surface area contributed by atoms with Gasteiger partial charge >= 0.3 is 0 Å². The SMILES string of the molecule is CCN(CC1CCOC1)C(=O)c1cccc(Br)c1F. The summed E-state index contributed by atoms with van der Waals surface area (Å²) in [6.07, 6.45) is 0.963. The first kappa shape index (κ1) is 14.5. The second-order valence-electron chi connectivity index (χ2n) is 4.67. The molecular formula is C14H17BrFNO2. The van der Waals surface area contributed by atoms with Crippen molar-refractivity contribution in [1.82, 2.24) is 4.90 Å². The van der Waals surface area contributed by atoms with Crippen LogP contribution in [0.1, 0.15) is 23.7 Å². The Bertz CT molecular complexity index is 461. The first-order valence-corrected chi connectivity index (χ1v) is 7.23. The van der Waals surface area contributed by atoms with Crippen molar-refractivity contribution in [3.63, 3.8) is 0 Å². The molecule has 1 unspecified atom stereocenters. The minimum absolute atomic E-state index is 0.121. The Morgan fingerprint density at radius 3 is 3.00 bits per heavy atom. The zero-order valence-corrected chi connectivity index (χ0v) is 12.5. The summed E-state index contributed by atoms with van der Waals surface area (Å²) in [4.78, 5) is 14.0. The monoisotopic (exact) mass is 329 g/mol. The molecular weight excluding hydrogens is 313 g/mol. The minimum atomic E-state index is -0.492. The van der Waals surface area contributed by atoms with Gasteiger partial charge in [0.25, 0.3) is 5.91 Å². The van der Waals surface area contributed by atoms with Gasteiger partial charge in [0.1, 0.15) is 5.82 Å². The van der Waals surface area contributed by atoms with Crippen LogP contribution in [0.15, 0.2) is 22.7 Å². The molecule has 2 rings (SSSR count). The van der Waals surface area contributed by atoms with Crippen LogP contribution in [0.2, 0.25) is 0 Å². The summed E-state index contributed by atoms with van der Waals surface area (Å²) in [6, 6.07) is 4.79. The maximum atomic E-state index is 13.9. The molecule has 19 heavy (non-hydrogen) atoms. The number of hydrogen-bond donors (Lipinski definition) is 0. The molecule has 0 spiro atoms. The molecule has 1 saturated heterocycles. The molecule has 0 radical (unpaired) electrons. The molecule has 1 amide bonds. The fraction of sp³-hybridized carbons (Fsp3) is 0.500. The van der Waals surface area contributed by atoms with Gasteiger partial charge in [0.15, 0.2) is 0 Å². The Kier molecular flexibility index (Phi) is 4.93. The number of halogens is 2. The van der Waals surface area contributed by atoms with Crippen LogP contribution in [0.4, 0.5) is 4.39 Å². The van der Waals surface area contributed by atoms with Gasteiger partial charge in [-0.25, -0.2) is 4.39 Å². The van der Waals surface area contributed by atoms with Crippen molar-refractivity contribution in [2.24, 2.45) is 5.92 Å². The highest BCUT2D eigenvalue weighted by Crippen LogP contribution is 2.21. The van der Waals surface area contributed by atoms with E-state index in [9.17, 15) is 9.18 Å². The van der Waals surface area contributed by atoms with Crippen molar-refractivity contribution in [2.45, 2.75) is 13.3 Å². The first-order valence-electron chi connectivity index (χ1n) is 6.44. The Balaban J connectivity index is 2.13. The fourth-order valence-corrected chi connectivity index (χ4v) is 2.60. The van der Waals surface area contributed by atoms with Gasteiger partial charge in [-0.3, -0.25) is 4.79 Å². The van der Waals surface area contributed by atoms with Gasteiger partial charge in [0.2, 0.25) is 0 Å². The highest BCUT2D eigenvalue weighted by molar-refractivity contribution is 9.10. The van der Waals surface area contributed by atoms with Gasteiger partial charge in [-0.1, -0.05) is 6.07 Å². The largest absolute Gasteiger partial charge is 0.381 e. The van der Waals surface area contributed by atoms with Crippen molar-refractivity contribution < 1.29 is 13.9 Å². The highest BCUT2D eigenvalue weighted by atomic mass is 79.9. The smallest absolute Gasteiger partial charge is 0.256 e. The lowest BCUT2D eigenvalue weighted by atomic mass is 10.1. The van der Waals surface area contributed by atoms with Crippen LogP contribution in [0.5, 0.6) is 0 Å². The van der Waals surface area contributed by atoms with Crippen LogP contribution in [0.3, 0.4) is 0 Å². The van der Waals surface area contributed by atoms with Crippen LogP contribution < -0.4 is 0 Å². The zero-order valence-electron chi connectivity index (χ0n) is 10.9. The first-order chi connectivity index (χ1) is 9.13. The molecule has 1 aromatic carbocycles. The molecule has 5 heteroatoms. The van der Waals surface area contributed by atoms with E-state index in [1.807, 2.05) is 6.92 Å². The van der Waals surface area contributed by atoms with E-state index in [0.29, 0.717) is 30.1 Å². The van der Waals surface area contributed by atoms with E-state index in [1.165, 1.54) is 6.07 Å². The molecule has 1 aliphatic heterocycles. The van der Waals surface area contributed by atoms with Crippen molar-refractivity contribution in [2.75, 3.05) is 26.3 Å². The number of nitrogens with zero attached hydrogens (tertiary/aromatic N) is 1. The molecule has 1 atom stereocenters. The number of amides is 1. The maximum absolute atomic E-state index is 13.9. The summed E-state index contributed by atoms with van der Waals surface area (Å²) in [5, 5.41) is 0. The summed E-state index contributed by atoms with van der Waals surface area (Å²) in [5.41, 5.74) is 0.121. The number of hydrogen-bond acceptors (Lipinski definition) is 2. The fourth-order valence-electron chi connectivity index (χ4n) is 2.23. The second kappa shape index (κ2) is 6.48. The van der Waals surface area contributed by atoms with Crippen molar-refractivity contribution >= 4 is 21.8 Å². The van der Waals surface area contributed by atoms with E-state index in [1.54, 1.807) is 17.0 Å². The van der Waals surface area contributed by atoms with Gasteiger partial charge in [0, 0.05) is 25.6 Å². The molecule has 0 bridgehead atoms. The van der Waals surface area contributed by atoms with E-state index in [-0.39, 0.29) is 11.5 Å². The molecule has 0 N–H and O–H groups in total. The molecule has 3 nitrogen and oxygen atoms in total. The summed E-state index contributed by atoms with van der Waals surface area (Å²) in [5.74, 6) is -0.388. The Labute approximate surface area is 120 Å². The van der Waals surface area contributed by atoms with Crippen LogP contribution in [-0.2, 0) is 4.74 Å². The second-order valence-corrected chi connectivity index (χ2v) is 5.53. The number of benzene rings is 1. The average molecular weight is 330 g/mol. The molecule has 1 heterocycles. The average Bonchev–Trinajstić information content (AvgIpc) is 2.91. The summed E-state index contributed by atoms with van der Waals surface area (Å²) >= 11 is 3.11. The van der Waals surface area contributed by atoms with Crippen LogP contribution in [0, 0.1) is 11.7 Å². The lowest BCUT2D eigenvalue weighted by molar-refractivity contribution is 0.0726. The lowest BCUT2D eigenvalue weighted by Crippen LogP contribution is -2.36. The molecule has 0 aliphatic carbocycles. The Morgan fingerprint density at radius 2 is 2.37 bits per heavy atom. The predicted molar refractivity (Wildman–Crippen MR) is 74.6 cm³/mol. The summed E-state index contributed by atoms with van der Waals surface area (Å²) < 4.78 is 19.6. The molecule has 104 valence electrons. The van der Waals surface area contributed by atoms with E-state index >= 15 is 0 Å². The minimum Gasteiger partial charge on any atom is -0.381 e. The van der Waals surface area contributed by atoms with Crippen LogP contribution in [-0.4, -0.2) is 37.1 Å². The Hall–Kier alpha value is -0.940. The maximum Gasteiger partial charge on any atom is 0.256 e. The third-order valence-electron chi connectivity index (χ3n) is 3.35. The zero-order chi connectivity index (χ0) is 13.8. The van der Waals surface area contributed by atoms with Gasteiger partial charge in [-0.15, -0.1) is 0 Å². The molecule has 0 saturated carbocycles. The highest BCUT2D eigenvalue weighted by Gasteiger charge is 2.24. The molecule has 1 aliphatic rings. The topological polar surface area (TPSA) is 29.5 Å². The number of ether oxygens (including phenoxy) is 1. The molecule has 1 aromatic rings. The van der Waals surface area contributed by atoms with Crippen LogP contribution in [0.25, 0.3) is 0 Å². The number of carbonyl (C=O) groups is 1. The molecule has 0 aromatic heterocycles. The lowest BCUT2D eigenvalue weighted by Gasteiger charge is -2.24. The van der Waals surface area contributed by atoms with E-state index in [4.69, 9.17) is 4.74 Å². The van der Waals surface area contributed by atoms with Gasteiger partial charge < -0.3 is 9.64 Å². The summed E-state index contributed by atoms with van der Waals surface area (Å²) in [6.45, 7) is 4.54. The normalized spacial score (nSPS) is 18.6. The van der Waals surface area contributed by atoms with Gasteiger partial charge in [-0.05, 0) is 41.4 Å². The van der Waals surface area contributed by atoms with E-state index in [2.05, 4.69) is 15.9 Å². The quantitative estimate of drug-likeness (QED) is 0.849. The Morgan fingerprint density at radius 1 is 1.58 bits per heavy atom. The number of rotatable bonds is 4. The van der Waals surface area contributed by atoms with E-state index < -0.39 is 5.82 Å². The van der Waals surface area contributed by atoms with Gasteiger partial charge in [-0.2, -0.15) is 0 Å². The van der Waals surface area contributed by atoms with Gasteiger partial charge in [0.05, 0.1) is 16.6 Å². The van der Waals surface area contributed by atoms with Crippen molar-refractivity contribution in [1.29, 1.82) is 0 Å². The van der Waals surface area contributed by atoms with Crippen molar-refractivity contribution in [3.8, 4) is 0 Å².